The van der Waals surface area contributed by atoms with Gasteiger partial charge in [-0.25, -0.2) is 5.43 Å². The lowest BCUT2D eigenvalue weighted by molar-refractivity contribution is 0.0952. The van der Waals surface area contributed by atoms with Crippen LogP contribution in [0.25, 0.3) is 0 Å². The Balaban J connectivity index is 2.16. The highest BCUT2D eigenvalue weighted by atomic mass is 127. The molecule has 0 heterocycles. The fourth-order valence-electron chi connectivity index (χ4n) is 1.60. The van der Waals surface area contributed by atoms with E-state index in [2.05, 4.69) is 49.0 Å². The molecule has 0 unspecified atom stereocenters. The van der Waals surface area contributed by atoms with Crippen molar-refractivity contribution in [2.75, 3.05) is 0 Å². The molecule has 0 spiro atoms. The van der Waals surface area contributed by atoms with Crippen LogP contribution in [0, 0.1) is 7.14 Å². The smallest absolute Gasteiger partial charge is 0.275 e. The standard InChI is InChI=1S/C14H9BrI2N2O3/c15-8-1-2-12(20)10(4-8)14(22)19-18-6-7-3-9(16)5-11(17)13(7)21/h1-6,20-21H,(H,19,22)/b18-6-. The molecule has 114 valence electrons. The fourth-order valence-corrected chi connectivity index (χ4v) is 3.85. The number of amides is 1. The van der Waals surface area contributed by atoms with E-state index >= 15 is 0 Å². The molecule has 0 saturated heterocycles. The zero-order chi connectivity index (χ0) is 16.3. The Labute approximate surface area is 162 Å². The third kappa shape index (κ3) is 4.32. The van der Waals surface area contributed by atoms with Gasteiger partial charge in [-0.3, -0.25) is 4.79 Å². The molecule has 2 aromatic carbocycles. The van der Waals surface area contributed by atoms with Gasteiger partial charge in [-0.2, -0.15) is 5.10 Å². The highest BCUT2D eigenvalue weighted by molar-refractivity contribution is 14.1. The van der Waals surface area contributed by atoms with Gasteiger partial charge < -0.3 is 10.2 Å². The van der Waals surface area contributed by atoms with Crippen LogP contribution in [0.5, 0.6) is 11.5 Å². The maximum absolute atomic E-state index is 12.0. The first-order valence-corrected chi connectivity index (χ1v) is 8.83. The van der Waals surface area contributed by atoms with Gasteiger partial charge in [0.15, 0.2) is 0 Å². The van der Waals surface area contributed by atoms with Crippen LogP contribution in [0.4, 0.5) is 0 Å². The van der Waals surface area contributed by atoms with Gasteiger partial charge in [-0.05, 0) is 75.5 Å². The lowest BCUT2D eigenvalue weighted by Crippen LogP contribution is -2.17. The van der Waals surface area contributed by atoms with Gasteiger partial charge in [0.1, 0.15) is 11.5 Å². The van der Waals surface area contributed by atoms with Crippen LogP contribution in [-0.4, -0.2) is 22.3 Å². The minimum absolute atomic E-state index is 0.101. The van der Waals surface area contributed by atoms with Gasteiger partial charge in [0.05, 0.1) is 15.3 Å². The van der Waals surface area contributed by atoms with Crippen molar-refractivity contribution in [1.82, 2.24) is 5.43 Å². The third-order valence-electron chi connectivity index (χ3n) is 2.63. The Bertz CT molecular complexity index is 766. The molecule has 22 heavy (non-hydrogen) atoms. The summed E-state index contributed by atoms with van der Waals surface area (Å²) in [6.07, 6.45) is 1.35. The van der Waals surface area contributed by atoms with E-state index in [0.29, 0.717) is 13.6 Å². The molecule has 0 saturated carbocycles. The predicted octanol–water partition coefficient (Wildman–Crippen LogP) is 3.83. The van der Waals surface area contributed by atoms with E-state index in [1.54, 1.807) is 12.1 Å². The van der Waals surface area contributed by atoms with E-state index in [-0.39, 0.29) is 17.1 Å². The third-order valence-corrected chi connectivity index (χ3v) is 4.57. The highest BCUT2D eigenvalue weighted by Gasteiger charge is 2.11. The van der Waals surface area contributed by atoms with Crippen LogP contribution in [0.1, 0.15) is 15.9 Å². The first-order valence-electron chi connectivity index (χ1n) is 5.88. The summed E-state index contributed by atoms with van der Waals surface area (Å²) in [7, 11) is 0. The van der Waals surface area contributed by atoms with Crippen molar-refractivity contribution >= 4 is 73.2 Å². The number of hydrogen-bond donors (Lipinski definition) is 3. The Morgan fingerprint density at radius 1 is 1.23 bits per heavy atom. The molecule has 0 radical (unpaired) electrons. The Morgan fingerprint density at radius 3 is 2.68 bits per heavy atom. The van der Waals surface area contributed by atoms with Crippen LogP contribution in [-0.2, 0) is 0 Å². The second-order valence-electron chi connectivity index (χ2n) is 4.19. The van der Waals surface area contributed by atoms with Gasteiger partial charge in [0, 0.05) is 13.6 Å². The summed E-state index contributed by atoms with van der Waals surface area (Å²) in [5.41, 5.74) is 2.92. The summed E-state index contributed by atoms with van der Waals surface area (Å²) in [5.74, 6) is -0.582. The number of phenolic OH excluding ortho intramolecular Hbond substituents is 2. The van der Waals surface area contributed by atoms with Crippen molar-refractivity contribution in [1.29, 1.82) is 0 Å². The zero-order valence-corrected chi connectivity index (χ0v) is 16.7. The molecule has 5 nitrogen and oxygen atoms in total. The number of aromatic hydroxyl groups is 2. The van der Waals surface area contributed by atoms with Gasteiger partial charge in [-0.1, -0.05) is 15.9 Å². The normalized spacial score (nSPS) is 10.9. The molecule has 0 aliphatic rings. The van der Waals surface area contributed by atoms with Gasteiger partial charge in [0.2, 0.25) is 0 Å². The number of benzene rings is 2. The van der Waals surface area contributed by atoms with Crippen molar-refractivity contribution in [2.24, 2.45) is 5.10 Å². The minimum atomic E-state index is -0.546. The number of carbonyl (C=O) groups is 1. The van der Waals surface area contributed by atoms with E-state index in [9.17, 15) is 15.0 Å². The zero-order valence-electron chi connectivity index (χ0n) is 10.8. The van der Waals surface area contributed by atoms with Gasteiger partial charge in [-0.15, -0.1) is 0 Å². The molecular weight excluding hydrogens is 578 g/mol. The van der Waals surface area contributed by atoms with E-state index < -0.39 is 5.91 Å². The second kappa shape index (κ2) is 7.59. The van der Waals surface area contributed by atoms with E-state index in [0.717, 1.165) is 3.57 Å². The number of halogens is 3. The van der Waals surface area contributed by atoms with Gasteiger partial charge in [0.25, 0.3) is 5.91 Å². The van der Waals surface area contributed by atoms with Crippen molar-refractivity contribution in [3.63, 3.8) is 0 Å². The fraction of sp³-hybridized carbons (Fsp3) is 0. The number of hydrogen-bond acceptors (Lipinski definition) is 4. The van der Waals surface area contributed by atoms with E-state index in [1.807, 2.05) is 28.7 Å². The molecular formula is C14H9BrI2N2O3. The number of phenols is 2. The first-order chi connectivity index (χ1) is 10.4. The maximum Gasteiger partial charge on any atom is 0.275 e. The quantitative estimate of drug-likeness (QED) is 0.291. The van der Waals surface area contributed by atoms with E-state index in [1.165, 1.54) is 18.3 Å². The maximum atomic E-state index is 12.0. The summed E-state index contributed by atoms with van der Waals surface area (Å²) < 4.78 is 2.31. The molecule has 0 aliphatic heterocycles. The molecule has 0 aromatic heterocycles. The average molecular weight is 587 g/mol. The molecule has 3 N–H and O–H groups in total. The van der Waals surface area contributed by atoms with Crippen LogP contribution < -0.4 is 5.43 Å². The lowest BCUT2D eigenvalue weighted by Gasteiger charge is -2.05. The molecule has 2 rings (SSSR count). The van der Waals surface area contributed by atoms with Crippen molar-refractivity contribution in [2.45, 2.75) is 0 Å². The Hall–Kier alpha value is -0.880. The summed E-state index contributed by atoms with van der Waals surface area (Å²) >= 11 is 7.37. The van der Waals surface area contributed by atoms with Crippen molar-refractivity contribution in [3.05, 3.63) is 53.1 Å². The first kappa shape index (κ1) is 17.5. The van der Waals surface area contributed by atoms with Crippen LogP contribution in [0.15, 0.2) is 39.9 Å². The van der Waals surface area contributed by atoms with E-state index in [4.69, 9.17) is 0 Å². The van der Waals surface area contributed by atoms with Crippen molar-refractivity contribution < 1.29 is 15.0 Å². The summed E-state index contributed by atoms with van der Waals surface area (Å²) in [6, 6.07) is 8.10. The number of nitrogens with zero attached hydrogens (tertiary/aromatic N) is 1. The van der Waals surface area contributed by atoms with Crippen molar-refractivity contribution in [3.8, 4) is 11.5 Å². The molecule has 1 amide bonds. The molecule has 0 fully saturated rings. The number of nitrogens with one attached hydrogen (secondary N) is 1. The summed E-state index contributed by atoms with van der Waals surface area (Å²) in [6.45, 7) is 0. The predicted molar refractivity (Wildman–Crippen MR) is 104 cm³/mol. The molecule has 8 heteroatoms. The highest BCUT2D eigenvalue weighted by Crippen LogP contribution is 2.25. The molecule has 0 atom stereocenters. The van der Waals surface area contributed by atoms with Gasteiger partial charge >= 0.3 is 0 Å². The lowest BCUT2D eigenvalue weighted by atomic mass is 10.2. The Morgan fingerprint density at radius 2 is 1.95 bits per heavy atom. The van der Waals surface area contributed by atoms with Crippen LogP contribution in [0.3, 0.4) is 0 Å². The SMILES string of the molecule is O=C(N/N=C\c1cc(I)cc(I)c1O)c1cc(Br)ccc1O. The summed E-state index contributed by atoms with van der Waals surface area (Å²) in [4.78, 5) is 12.0. The number of hydrazone groups is 1. The molecule has 0 aliphatic carbocycles. The second-order valence-corrected chi connectivity index (χ2v) is 7.51. The van der Waals surface area contributed by atoms with Crippen LogP contribution in [0.2, 0.25) is 0 Å². The molecule has 2 aromatic rings. The average Bonchev–Trinajstić information content (AvgIpc) is 2.46. The van der Waals surface area contributed by atoms with Crippen LogP contribution >= 0.6 is 61.1 Å². The minimum Gasteiger partial charge on any atom is -0.507 e. The Kier molecular flexibility index (Phi) is 6.03. The summed E-state index contributed by atoms with van der Waals surface area (Å²) in [5, 5.41) is 23.4. The largest absolute Gasteiger partial charge is 0.507 e. The molecule has 0 bridgehead atoms. The number of rotatable bonds is 3. The monoisotopic (exact) mass is 586 g/mol. The topological polar surface area (TPSA) is 81.9 Å². The number of carbonyl (C=O) groups excluding carboxylic acids is 1.